The third-order valence-corrected chi connectivity index (χ3v) is 2.85. The molecule has 0 heterocycles. The Morgan fingerprint density at radius 1 is 1.25 bits per heavy atom. The van der Waals surface area contributed by atoms with Gasteiger partial charge in [-0.25, -0.2) is 0 Å². The van der Waals surface area contributed by atoms with Gasteiger partial charge >= 0.3 is 0 Å². The molecule has 0 rings (SSSR count). The molecule has 138 valence electrons. The third kappa shape index (κ3) is 16.7. The molecule has 1 unspecified atom stereocenters. The van der Waals surface area contributed by atoms with Crippen LogP contribution in [0.2, 0.25) is 0 Å². The van der Waals surface area contributed by atoms with E-state index in [9.17, 15) is 0 Å². The first kappa shape index (κ1) is 24.6. The molecule has 24 heavy (non-hydrogen) atoms. The van der Waals surface area contributed by atoms with Crippen LogP contribution in [0, 0.1) is 12.0 Å². The van der Waals surface area contributed by atoms with Crippen LogP contribution in [0.1, 0.15) is 61.3 Å². The summed E-state index contributed by atoms with van der Waals surface area (Å²) in [6.45, 7) is 19.4. The van der Waals surface area contributed by atoms with Gasteiger partial charge in [0.2, 0.25) is 0 Å². The first-order valence-electron chi connectivity index (χ1n) is 8.93. The second-order valence-corrected chi connectivity index (χ2v) is 6.04. The van der Waals surface area contributed by atoms with Gasteiger partial charge in [-0.15, -0.1) is 0 Å². The predicted molar refractivity (Wildman–Crippen MR) is 108 cm³/mol. The summed E-state index contributed by atoms with van der Waals surface area (Å²) in [7, 11) is 0. The maximum absolute atomic E-state index is 5.84. The third-order valence-electron chi connectivity index (χ3n) is 2.85. The van der Waals surface area contributed by atoms with Crippen LogP contribution in [0.15, 0.2) is 36.6 Å². The van der Waals surface area contributed by atoms with Crippen LogP contribution in [0.4, 0.5) is 0 Å². The summed E-state index contributed by atoms with van der Waals surface area (Å²) in [5, 5.41) is 6.66. The molecule has 3 nitrogen and oxygen atoms in total. The number of rotatable bonds is 10. The Morgan fingerprint density at radius 3 is 2.42 bits per heavy atom. The number of hydrogen-bond acceptors (Lipinski definition) is 3. The van der Waals surface area contributed by atoms with E-state index in [-0.39, 0.29) is 5.60 Å². The zero-order valence-electron chi connectivity index (χ0n) is 16.8. The van der Waals surface area contributed by atoms with Gasteiger partial charge in [0.25, 0.3) is 0 Å². The van der Waals surface area contributed by atoms with Crippen molar-refractivity contribution < 1.29 is 4.74 Å². The van der Waals surface area contributed by atoms with Crippen molar-refractivity contribution in [2.45, 2.75) is 73.0 Å². The summed E-state index contributed by atoms with van der Waals surface area (Å²) < 4.78 is 5.84. The Bertz CT molecular complexity index is 419. The number of allylic oxidation sites excluding steroid dienone is 4. The van der Waals surface area contributed by atoms with Crippen molar-refractivity contribution in [1.82, 2.24) is 10.6 Å². The first-order valence-corrected chi connectivity index (χ1v) is 8.93. The molecular weight excluding hydrogens is 296 g/mol. The van der Waals surface area contributed by atoms with Crippen LogP contribution >= 0.6 is 0 Å². The molecule has 0 saturated heterocycles. The normalized spacial score (nSPS) is 12.5. The lowest BCUT2D eigenvalue weighted by molar-refractivity contribution is -0.00702. The average Bonchev–Trinajstić information content (AvgIpc) is 2.52. The van der Waals surface area contributed by atoms with Gasteiger partial charge in [-0.3, -0.25) is 0 Å². The van der Waals surface area contributed by atoms with Crippen molar-refractivity contribution in [2.24, 2.45) is 0 Å². The van der Waals surface area contributed by atoms with Crippen molar-refractivity contribution in [2.75, 3.05) is 13.2 Å². The van der Waals surface area contributed by atoms with E-state index in [0.29, 0.717) is 6.04 Å². The molecule has 0 aromatic rings. The first-order chi connectivity index (χ1) is 11.4. The van der Waals surface area contributed by atoms with Gasteiger partial charge in [0, 0.05) is 30.9 Å². The fraction of sp³-hybridized carbons (Fsp3) is 0.619. The predicted octanol–water partition coefficient (Wildman–Crippen LogP) is 4.78. The molecule has 0 aromatic carbocycles. The summed E-state index contributed by atoms with van der Waals surface area (Å²) in [5.41, 5.74) is 0.972. The van der Waals surface area contributed by atoms with Crippen LogP contribution in [0.3, 0.4) is 0 Å². The van der Waals surface area contributed by atoms with Gasteiger partial charge in [-0.1, -0.05) is 38.5 Å². The Morgan fingerprint density at radius 2 is 1.92 bits per heavy atom. The van der Waals surface area contributed by atoms with Crippen LogP contribution in [-0.4, -0.2) is 24.8 Å². The molecule has 1 atom stereocenters. The van der Waals surface area contributed by atoms with Crippen LogP contribution in [0.25, 0.3) is 0 Å². The van der Waals surface area contributed by atoms with Crippen LogP contribution in [0.5, 0.6) is 0 Å². The highest BCUT2D eigenvalue weighted by molar-refractivity contribution is 5.21. The molecule has 0 aliphatic carbocycles. The van der Waals surface area contributed by atoms with E-state index in [1.807, 2.05) is 39.8 Å². The van der Waals surface area contributed by atoms with Crippen LogP contribution < -0.4 is 10.6 Å². The van der Waals surface area contributed by atoms with Crippen LogP contribution in [-0.2, 0) is 4.74 Å². The van der Waals surface area contributed by atoms with E-state index in [1.54, 1.807) is 6.08 Å². The topological polar surface area (TPSA) is 33.3 Å². The van der Waals surface area contributed by atoms with Crippen molar-refractivity contribution in [3.05, 3.63) is 36.6 Å². The summed E-state index contributed by atoms with van der Waals surface area (Å²) in [6.07, 6.45) is 9.78. The molecule has 3 heteroatoms. The second-order valence-electron chi connectivity index (χ2n) is 6.04. The Kier molecular flexibility index (Phi) is 16.6. The molecule has 0 aromatic heterocycles. The summed E-state index contributed by atoms with van der Waals surface area (Å²) >= 11 is 0. The van der Waals surface area contributed by atoms with Crippen molar-refractivity contribution in [3.8, 4) is 12.0 Å². The number of ether oxygens (including phenoxy) is 1. The lowest BCUT2D eigenvalue weighted by Gasteiger charge is -2.24. The molecule has 0 spiro atoms. The zero-order chi connectivity index (χ0) is 18.8. The van der Waals surface area contributed by atoms with E-state index in [4.69, 9.17) is 4.74 Å². The van der Waals surface area contributed by atoms with E-state index in [1.165, 1.54) is 0 Å². The molecule has 2 N–H and O–H groups in total. The lowest BCUT2D eigenvalue weighted by atomic mass is 10.1. The second kappa shape index (κ2) is 16.2. The fourth-order valence-corrected chi connectivity index (χ4v) is 1.89. The minimum absolute atomic E-state index is 0.0976. The van der Waals surface area contributed by atoms with Gasteiger partial charge < -0.3 is 15.4 Å². The Balaban J connectivity index is 0. The van der Waals surface area contributed by atoms with E-state index < -0.39 is 0 Å². The largest absolute Gasteiger partial charge is 0.382 e. The SMILES string of the molecule is C=C/C=C(\C=C/C)NC(CCNC#CC)CCOC(C)(C)C.CC. The van der Waals surface area contributed by atoms with Gasteiger partial charge in [-0.2, -0.15) is 0 Å². The molecular formula is C21H38N2O. The molecule has 0 saturated carbocycles. The summed E-state index contributed by atoms with van der Waals surface area (Å²) in [4.78, 5) is 0. The fourth-order valence-electron chi connectivity index (χ4n) is 1.89. The highest BCUT2D eigenvalue weighted by Gasteiger charge is 2.13. The Hall–Kier alpha value is -1.66. The maximum Gasteiger partial charge on any atom is 0.0598 e. The number of nitrogens with one attached hydrogen (secondary N) is 2. The molecule has 0 radical (unpaired) electrons. The molecule has 0 amide bonds. The highest BCUT2D eigenvalue weighted by atomic mass is 16.5. The van der Waals surface area contributed by atoms with E-state index >= 15 is 0 Å². The van der Waals surface area contributed by atoms with Crippen molar-refractivity contribution >= 4 is 0 Å². The van der Waals surface area contributed by atoms with Gasteiger partial charge in [0.15, 0.2) is 0 Å². The van der Waals surface area contributed by atoms with Gasteiger partial charge in [0.1, 0.15) is 0 Å². The van der Waals surface area contributed by atoms with E-state index in [2.05, 4.69) is 56.0 Å². The highest BCUT2D eigenvalue weighted by Crippen LogP contribution is 2.10. The molecule has 0 bridgehead atoms. The lowest BCUT2D eigenvalue weighted by Crippen LogP contribution is -2.33. The average molecular weight is 335 g/mol. The van der Waals surface area contributed by atoms with Gasteiger partial charge in [-0.05, 0) is 59.6 Å². The minimum atomic E-state index is -0.0976. The number of hydrogen-bond donors (Lipinski definition) is 2. The smallest absolute Gasteiger partial charge is 0.0598 e. The Labute approximate surface area is 150 Å². The van der Waals surface area contributed by atoms with Gasteiger partial charge in [0.05, 0.1) is 5.60 Å². The monoisotopic (exact) mass is 334 g/mol. The summed E-state index contributed by atoms with van der Waals surface area (Å²) in [6, 6.07) is 3.21. The zero-order valence-corrected chi connectivity index (χ0v) is 16.8. The molecule has 0 aliphatic rings. The molecule has 0 fully saturated rings. The van der Waals surface area contributed by atoms with Crippen molar-refractivity contribution in [1.29, 1.82) is 0 Å². The summed E-state index contributed by atoms with van der Waals surface area (Å²) in [5.74, 6) is 2.84. The maximum atomic E-state index is 5.84. The molecule has 0 aliphatic heterocycles. The van der Waals surface area contributed by atoms with E-state index in [0.717, 1.165) is 31.7 Å². The standard InChI is InChI=1S/C19H32N2O.C2H6/c1-7-10-17(11-8-2)21-18(12-15-20-14-9-3)13-16-22-19(4,5)6;1-2/h7-8,10-11,18,20-21H,1,12-13,15-16H2,2-6H3;1-2H3/b11-8-,17-10+;. The quantitative estimate of drug-likeness (QED) is 0.261. The minimum Gasteiger partial charge on any atom is -0.382 e. The van der Waals surface area contributed by atoms with Crippen molar-refractivity contribution in [3.63, 3.8) is 0 Å².